The van der Waals surface area contributed by atoms with Gasteiger partial charge in [-0.2, -0.15) is 0 Å². The molecule has 0 aliphatic carbocycles. The Balaban J connectivity index is 1.24. The minimum Gasteiger partial charge on any atom is -0.357 e. The van der Waals surface area contributed by atoms with Crippen LogP contribution in [0, 0.1) is 11.3 Å². The van der Waals surface area contributed by atoms with Gasteiger partial charge in [0.15, 0.2) is 0 Å². The second-order valence-corrected chi connectivity index (χ2v) is 6.89. The Bertz CT molecular complexity index is 441. The third-order valence-electron chi connectivity index (χ3n) is 5.22. The fourth-order valence-electron chi connectivity index (χ4n) is 3.98. The lowest BCUT2D eigenvalue weighted by atomic mass is 9.74. The molecular weight excluding hydrogens is 248 g/mol. The van der Waals surface area contributed by atoms with E-state index in [4.69, 9.17) is 0 Å². The number of nitrogens with one attached hydrogen (secondary N) is 1. The molecule has 0 radical (unpaired) electrons. The molecule has 0 saturated carbocycles. The largest absolute Gasteiger partial charge is 0.357 e. The quantitative estimate of drug-likeness (QED) is 0.896. The first-order chi connectivity index (χ1) is 9.83. The van der Waals surface area contributed by atoms with Crippen molar-refractivity contribution >= 4 is 5.82 Å². The van der Waals surface area contributed by atoms with E-state index < -0.39 is 0 Å². The molecular formula is C16H24N4. The summed E-state index contributed by atoms with van der Waals surface area (Å²) >= 11 is 0. The maximum Gasteiger partial charge on any atom is 0.128 e. The molecule has 4 heteroatoms. The molecule has 3 aliphatic rings. The maximum absolute atomic E-state index is 4.46. The number of likely N-dealkylation sites (tertiary alicyclic amines) is 1. The second-order valence-electron chi connectivity index (χ2n) is 6.89. The summed E-state index contributed by atoms with van der Waals surface area (Å²) in [5.74, 6) is 2.04. The zero-order valence-electron chi connectivity index (χ0n) is 12.1. The lowest BCUT2D eigenvalue weighted by Crippen LogP contribution is -2.71. The summed E-state index contributed by atoms with van der Waals surface area (Å²) in [5, 5.41) is 3.41. The van der Waals surface area contributed by atoms with Crippen LogP contribution in [-0.4, -0.2) is 55.7 Å². The number of hydrogen-bond donors (Lipinski definition) is 1. The highest BCUT2D eigenvalue weighted by atomic mass is 15.3. The number of piperidine rings is 1. The number of aromatic nitrogens is 1. The summed E-state index contributed by atoms with van der Waals surface area (Å²) in [5.41, 5.74) is 0.675. The van der Waals surface area contributed by atoms with Crippen molar-refractivity contribution in [3.8, 4) is 0 Å². The van der Waals surface area contributed by atoms with Crippen LogP contribution in [0.3, 0.4) is 0 Å². The third-order valence-corrected chi connectivity index (χ3v) is 5.22. The van der Waals surface area contributed by atoms with Crippen LogP contribution in [0.4, 0.5) is 5.82 Å². The van der Waals surface area contributed by atoms with E-state index in [1.54, 1.807) is 0 Å². The van der Waals surface area contributed by atoms with Crippen LogP contribution >= 0.6 is 0 Å². The van der Waals surface area contributed by atoms with E-state index >= 15 is 0 Å². The number of nitrogens with zero attached hydrogens (tertiary/aromatic N) is 3. The highest BCUT2D eigenvalue weighted by molar-refractivity contribution is 5.37. The molecule has 20 heavy (non-hydrogen) atoms. The van der Waals surface area contributed by atoms with Crippen molar-refractivity contribution < 1.29 is 0 Å². The number of rotatable bonds is 3. The Morgan fingerprint density at radius 2 is 2.00 bits per heavy atom. The molecule has 0 unspecified atom stereocenters. The van der Waals surface area contributed by atoms with Gasteiger partial charge in [-0.05, 0) is 30.9 Å². The topological polar surface area (TPSA) is 31.4 Å². The fourth-order valence-corrected chi connectivity index (χ4v) is 3.98. The molecule has 4 rings (SSSR count). The van der Waals surface area contributed by atoms with Crippen LogP contribution in [-0.2, 0) is 0 Å². The zero-order chi connectivity index (χ0) is 13.4. The van der Waals surface area contributed by atoms with E-state index in [0.29, 0.717) is 5.41 Å². The van der Waals surface area contributed by atoms with Crippen molar-refractivity contribution in [2.45, 2.75) is 12.8 Å². The molecule has 0 amide bonds. The third kappa shape index (κ3) is 2.31. The van der Waals surface area contributed by atoms with Crippen LogP contribution in [0.25, 0.3) is 0 Å². The number of pyridine rings is 1. The molecule has 1 aromatic rings. The number of anilines is 1. The average Bonchev–Trinajstić information content (AvgIpc) is 2.42. The van der Waals surface area contributed by atoms with E-state index in [9.17, 15) is 0 Å². The lowest BCUT2D eigenvalue weighted by molar-refractivity contribution is -0.0485. The second kappa shape index (κ2) is 5.01. The van der Waals surface area contributed by atoms with Crippen molar-refractivity contribution in [3.05, 3.63) is 24.4 Å². The Labute approximate surface area is 121 Å². The molecule has 3 fully saturated rings. The monoisotopic (exact) mass is 272 g/mol. The van der Waals surface area contributed by atoms with Gasteiger partial charge in [-0.3, -0.25) is 0 Å². The Morgan fingerprint density at radius 3 is 2.60 bits per heavy atom. The summed E-state index contributed by atoms with van der Waals surface area (Å²) in [6, 6.07) is 6.20. The van der Waals surface area contributed by atoms with E-state index in [0.717, 1.165) is 11.7 Å². The Kier molecular flexibility index (Phi) is 3.15. The molecule has 0 aromatic carbocycles. The van der Waals surface area contributed by atoms with Crippen molar-refractivity contribution in [1.82, 2.24) is 15.2 Å². The SMILES string of the molecule is c1ccc(N2CCC(CN3CC4(CNC4)C3)CC2)nc1. The van der Waals surface area contributed by atoms with E-state index in [1.807, 2.05) is 12.3 Å². The minimum absolute atomic E-state index is 0.675. The van der Waals surface area contributed by atoms with Gasteiger partial charge in [-0.15, -0.1) is 0 Å². The van der Waals surface area contributed by atoms with Crippen LogP contribution in [0.15, 0.2) is 24.4 Å². The van der Waals surface area contributed by atoms with Crippen LogP contribution in [0.2, 0.25) is 0 Å². The van der Waals surface area contributed by atoms with Gasteiger partial charge in [0.2, 0.25) is 0 Å². The van der Waals surface area contributed by atoms with Crippen molar-refractivity contribution in [1.29, 1.82) is 0 Å². The van der Waals surface area contributed by atoms with Crippen LogP contribution in [0.1, 0.15) is 12.8 Å². The predicted molar refractivity (Wildman–Crippen MR) is 80.9 cm³/mol. The molecule has 1 spiro atoms. The molecule has 4 nitrogen and oxygen atoms in total. The molecule has 0 atom stereocenters. The maximum atomic E-state index is 4.46. The summed E-state index contributed by atoms with van der Waals surface area (Å²) in [6.45, 7) is 8.83. The molecule has 3 aliphatic heterocycles. The molecule has 4 heterocycles. The van der Waals surface area contributed by atoms with Crippen LogP contribution in [0.5, 0.6) is 0 Å². The van der Waals surface area contributed by atoms with Gasteiger partial charge in [-0.25, -0.2) is 4.98 Å². The molecule has 1 N–H and O–H groups in total. The Hall–Kier alpha value is -1.13. The van der Waals surface area contributed by atoms with Gasteiger partial charge < -0.3 is 15.1 Å². The summed E-state index contributed by atoms with van der Waals surface area (Å²) in [4.78, 5) is 9.57. The van der Waals surface area contributed by atoms with Gasteiger partial charge >= 0.3 is 0 Å². The first-order valence-corrected chi connectivity index (χ1v) is 7.92. The molecule has 1 aromatic heterocycles. The van der Waals surface area contributed by atoms with E-state index in [1.165, 1.54) is 58.7 Å². The van der Waals surface area contributed by atoms with Crippen molar-refractivity contribution in [2.75, 3.05) is 50.7 Å². The van der Waals surface area contributed by atoms with Crippen molar-refractivity contribution in [3.63, 3.8) is 0 Å². The zero-order valence-corrected chi connectivity index (χ0v) is 12.1. The van der Waals surface area contributed by atoms with Gasteiger partial charge in [0.25, 0.3) is 0 Å². The van der Waals surface area contributed by atoms with Gasteiger partial charge in [0.1, 0.15) is 5.82 Å². The highest BCUT2D eigenvalue weighted by Crippen LogP contribution is 2.35. The number of hydrogen-bond acceptors (Lipinski definition) is 4. The first-order valence-electron chi connectivity index (χ1n) is 7.92. The van der Waals surface area contributed by atoms with Gasteiger partial charge in [-0.1, -0.05) is 6.07 Å². The predicted octanol–water partition coefficient (Wildman–Crippen LogP) is 1.20. The molecule has 108 valence electrons. The summed E-state index contributed by atoms with van der Waals surface area (Å²) < 4.78 is 0. The Morgan fingerprint density at radius 1 is 1.20 bits per heavy atom. The van der Waals surface area contributed by atoms with E-state index in [2.05, 4.69) is 32.2 Å². The molecule has 0 bridgehead atoms. The smallest absolute Gasteiger partial charge is 0.128 e. The lowest BCUT2D eigenvalue weighted by Gasteiger charge is -2.57. The van der Waals surface area contributed by atoms with E-state index in [-0.39, 0.29) is 0 Å². The standard InChI is InChI=1S/C16H24N4/c1-2-6-18-15(3-1)20-7-4-14(5-8-20)9-19-12-16(13-19)10-17-11-16/h1-3,6,14,17H,4-5,7-13H2. The van der Waals surface area contributed by atoms with Gasteiger partial charge in [0.05, 0.1) is 0 Å². The van der Waals surface area contributed by atoms with Gasteiger partial charge in [0, 0.05) is 57.4 Å². The highest BCUT2D eigenvalue weighted by Gasteiger charge is 2.47. The minimum atomic E-state index is 0.675. The molecule has 3 saturated heterocycles. The normalized spacial score (nSPS) is 26.3. The van der Waals surface area contributed by atoms with Crippen LogP contribution < -0.4 is 10.2 Å². The van der Waals surface area contributed by atoms with Crippen molar-refractivity contribution in [2.24, 2.45) is 11.3 Å². The fraction of sp³-hybridized carbons (Fsp3) is 0.688. The average molecular weight is 272 g/mol. The summed E-state index contributed by atoms with van der Waals surface area (Å²) in [7, 11) is 0. The first kappa shape index (κ1) is 12.6. The summed E-state index contributed by atoms with van der Waals surface area (Å²) in [6.07, 6.45) is 4.53.